The van der Waals surface area contributed by atoms with E-state index in [2.05, 4.69) is 43.1 Å². The minimum absolute atomic E-state index is 0.546. The predicted molar refractivity (Wildman–Crippen MR) is 83.6 cm³/mol. The van der Waals surface area contributed by atoms with Gasteiger partial charge in [-0.25, -0.2) is 9.97 Å². The zero-order valence-corrected chi connectivity index (χ0v) is 12.8. The van der Waals surface area contributed by atoms with Gasteiger partial charge < -0.3 is 4.90 Å². The van der Waals surface area contributed by atoms with Crippen molar-refractivity contribution in [1.29, 1.82) is 0 Å². The largest absolute Gasteiger partial charge is 0.352 e. The molecule has 1 saturated heterocycles. The first-order valence-corrected chi connectivity index (χ1v) is 7.85. The third-order valence-electron chi connectivity index (χ3n) is 4.67. The number of hydrogen-bond acceptors (Lipinski definition) is 6. The summed E-state index contributed by atoms with van der Waals surface area (Å²) in [5.74, 6) is 1.03. The minimum atomic E-state index is 0.546. The third kappa shape index (κ3) is 2.54. The van der Waals surface area contributed by atoms with Gasteiger partial charge in [0, 0.05) is 31.9 Å². The van der Waals surface area contributed by atoms with E-state index in [1.165, 1.54) is 17.7 Å². The Balaban J connectivity index is 1.35. The SMILES string of the molecule is CN(Cc1ccncn1)C1CN(c2cc3c(nn2)CCC3)C1. The molecule has 0 N–H and O–H groups in total. The molecule has 0 bridgehead atoms. The van der Waals surface area contributed by atoms with Crippen molar-refractivity contribution in [2.75, 3.05) is 25.0 Å². The third-order valence-corrected chi connectivity index (χ3v) is 4.67. The first-order valence-electron chi connectivity index (χ1n) is 7.85. The van der Waals surface area contributed by atoms with Crippen molar-refractivity contribution in [3.63, 3.8) is 0 Å². The zero-order valence-electron chi connectivity index (χ0n) is 12.8. The van der Waals surface area contributed by atoms with Gasteiger partial charge in [0.25, 0.3) is 0 Å². The molecule has 2 aromatic heterocycles. The Morgan fingerprint density at radius 2 is 2.18 bits per heavy atom. The number of rotatable bonds is 4. The van der Waals surface area contributed by atoms with Crippen LogP contribution < -0.4 is 4.90 Å². The minimum Gasteiger partial charge on any atom is -0.352 e. The van der Waals surface area contributed by atoms with Crippen molar-refractivity contribution in [2.45, 2.75) is 31.8 Å². The Hall–Kier alpha value is -2.08. The molecule has 0 aromatic carbocycles. The molecule has 22 heavy (non-hydrogen) atoms. The molecular weight excluding hydrogens is 276 g/mol. The van der Waals surface area contributed by atoms with Crippen molar-refractivity contribution < 1.29 is 0 Å². The maximum Gasteiger partial charge on any atom is 0.151 e. The Morgan fingerprint density at radius 3 is 3.00 bits per heavy atom. The van der Waals surface area contributed by atoms with E-state index in [9.17, 15) is 0 Å². The predicted octanol–water partition coefficient (Wildman–Crippen LogP) is 1.08. The van der Waals surface area contributed by atoms with Crippen LogP contribution in [-0.4, -0.2) is 51.2 Å². The van der Waals surface area contributed by atoms with Crippen molar-refractivity contribution in [2.24, 2.45) is 0 Å². The van der Waals surface area contributed by atoms with Gasteiger partial charge in [-0.05, 0) is 44.0 Å². The van der Waals surface area contributed by atoms with Crippen molar-refractivity contribution in [1.82, 2.24) is 25.1 Å². The van der Waals surface area contributed by atoms with E-state index < -0.39 is 0 Å². The zero-order chi connectivity index (χ0) is 14.9. The van der Waals surface area contributed by atoms with Crippen LogP contribution in [0.1, 0.15) is 23.4 Å². The molecule has 6 heteroatoms. The lowest BCUT2D eigenvalue weighted by molar-refractivity contribution is 0.194. The van der Waals surface area contributed by atoms with E-state index in [1.807, 2.05) is 6.07 Å². The lowest BCUT2D eigenvalue weighted by atomic mass is 10.1. The number of hydrogen-bond donors (Lipinski definition) is 0. The average Bonchev–Trinajstić information content (AvgIpc) is 2.94. The first kappa shape index (κ1) is 13.6. The highest BCUT2D eigenvalue weighted by molar-refractivity contribution is 5.45. The van der Waals surface area contributed by atoms with Gasteiger partial charge in [0.1, 0.15) is 6.33 Å². The van der Waals surface area contributed by atoms with Crippen LogP contribution in [-0.2, 0) is 19.4 Å². The monoisotopic (exact) mass is 296 g/mol. The molecule has 0 atom stereocenters. The van der Waals surface area contributed by atoms with Gasteiger partial charge in [-0.1, -0.05) is 0 Å². The van der Waals surface area contributed by atoms with Crippen molar-refractivity contribution in [3.05, 3.63) is 41.6 Å². The maximum atomic E-state index is 4.39. The van der Waals surface area contributed by atoms with Crippen LogP contribution in [0.3, 0.4) is 0 Å². The van der Waals surface area contributed by atoms with Crippen LogP contribution in [0.5, 0.6) is 0 Å². The fourth-order valence-corrected chi connectivity index (χ4v) is 3.19. The summed E-state index contributed by atoms with van der Waals surface area (Å²) in [7, 11) is 2.15. The summed E-state index contributed by atoms with van der Waals surface area (Å²) in [4.78, 5) is 12.9. The number of aromatic nitrogens is 4. The average molecular weight is 296 g/mol. The maximum absolute atomic E-state index is 4.39. The second kappa shape index (κ2) is 5.61. The molecule has 1 aliphatic heterocycles. The van der Waals surface area contributed by atoms with Crippen LogP contribution in [0, 0.1) is 0 Å². The molecule has 2 aromatic rings. The molecule has 3 heterocycles. The number of anilines is 1. The number of aryl methyl sites for hydroxylation is 2. The van der Waals surface area contributed by atoms with Crippen molar-refractivity contribution >= 4 is 5.82 Å². The molecular formula is C16H20N6. The Bertz CT molecular complexity index is 653. The standard InChI is InChI=1S/C16H20N6/c1-21(8-13-5-6-17-11-18-13)14-9-22(10-14)16-7-12-3-2-4-15(12)19-20-16/h5-7,11,14H,2-4,8-10H2,1H3. The van der Waals surface area contributed by atoms with E-state index >= 15 is 0 Å². The molecule has 4 rings (SSSR count). The topological polar surface area (TPSA) is 58.0 Å². The first-order chi connectivity index (χ1) is 10.8. The van der Waals surface area contributed by atoms with Gasteiger partial charge in [0.15, 0.2) is 5.82 Å². The number of nitrogens with zero attached hydrogens (tertiary/aromatic N) is 6. The molecule has 0 amide bonds. The second-order valence-corrected chi connectivity index (χ2v) is 6.20. The highest BCUT2D eigenvalue weighted by Gasteiger charge is 2.31. The normalized spacial score (nSPS) is 17.6. The van der Waals surface area contributed by atoms with Crippen LogP contribution in [0.4, 0.5) is 5.82 Å². The van der Waals surface area contributed by atoms with Crippen LogP contribution in [0.25, 0.3) is 0 Å². The fourth-order valence-electron chi connectivity index (χ4n) is 3.19. The molecule has 0 radical (unpaired) electrons. The summed E-state index contributed by atoms with van der Waals surface area (Å²) >= 11 is 0. The van der Waals surface area contributed by atoms with Gasteiger partial charge in [-0.15, -0.1) is 5.10 Å². The molecule has 2 aliphatic rings. The molecule has 114 valence electrons. The Kier molecular flexibility index (Phi) is 3.46. The lowest BCUT2D eigenvalue weighted by Gasteiger charge is -2.44. The quantitative estimate of drug-likeness (QED) is 0.841. The van der Waals surface area contributed by atoms with Gasteiger partial charge in [-0.3, -0.25) is 4.90 Å². The van der Waals surface area contributed by atoms with E-state index in [-0.39, 0.29) is 0 Å². The summed E-state index contributed by atoms with van der Waals surface area (Å²) in [5, 5.41) is 8.76. The number of fused-ring (bicyclic) bond motifs is 1. The fraction of sp³-hybridized carbons (Fsp3) is 0.500. The highest BCUT2D eigenvalue weighted by Crippen LogP contribution is 2.26. The molecule has 1 fully saturated rings. The van der Waals surface area contributed by atoms with Crippen LogP contribution in [0.2, 0.25) is 0 Å². The summed E-state index contributed by atoms with van der Waals surface area (Å²) in [6.07, 6.45) is 6.87. The van der Waals surface area contributed by atoms with Crippen LogP contribution >= 0.6 is 0 Å². The van der Waals surface area contributed by atoms with E-state index in [0.717, 1.165) is 44.0 Å². The van der Waals surface area contributed by atoms with Crippen molar-refractivity contribution in [3.8, 4) is 0 Å². The molecule has 6 nitrogen and oxygen atoms in total. The molecule has 0 spiro atoms. The Labute approximate surface area is 130 Å². The van der Waals surface area contributed by atoms with Crippen LogP contribution in [0.15, 0.2) is 24.7 Å². The number of likely N-dealkylation sites (N-methyl/N-ethyl adjacent to an activating group) is 1. The smallest absolute Gasteiger partial charge is 0.151 e. The summed E-state index contributed by atoms with van der Waals surface area (Å²) in [5.41, 5.74) is 3.65. The Morgan fingerprint density at radius 1 is 1.27 bits per heavy atom. The second-order valence-electron chi connectivity index (χ2n) is 6.20. The van der Waals surface area contributed by atoms with E-state index in [4.69, 9.17) is 0 Å². The van der Waals surface area contributed by atoms with Gasteiger partial charge >= 0.3 is 0 Å². The lowest BCUT2D eigenvalue weighted by Crippen LogP contribution is -2.58. The van der Waals surface area contributed by atoms with Gasteiger partial charge in [0.05, 0.1) is 11.4 Å². The molecule has 0 unspecified atom stereocenters. The van der Waals surface area contributed by atoms with Gasteiger partial charge in [0.2, 0.25) is 0 Å². The molecule has 0 saturated carbocycles. The summed E-state index contributed by atoms with van der Waals surface area (Å²) in [6, 6.07) is 4.75. The summed E-state index contributed by atoms with van der Waals surface area (Å²) in [6.45, 7) is 2.88. The van der Waals surface area contributed by atoms with E-state index in [0.29, 0.717) is 6.04 Å². The molecule has 1 aliphatic carbocycles. The summed E-state index contributed by atoms with van der Waals surface area (Å²) < 4.78 is 0. The van der Waals surface area contributed by atoms with Gasteiger partial charge in [-0.2, -0.15) is 5.10 Å². The highest BCUT2D eigenvalue weighted by atomic mass is 15.4. The van der Waals surface area contributed by atoms with E-state index in [1.54, 1.807) is 12.5 Å².